The van der Waals surface area contributed by atoms with Crippen LogP contribution in [0.5, 0.6) is 5.75 Å². The number of piperidine rings is 2. The zero-order valence-electron chi connectivity index (χ0n) is 42.6. The number of carbonyl (C=O) groups is 3. The summed E-state index contributed by atoms with van der Waals surface area (Å²) in [4.78, 5) is 58.5. The Balaban J connectivity index is 0.834. The first-order valence-corrected chi connectivity index (χ1v) is 25.8. The molecule has 1 aliphatic carbocycles. The lowest BCUT2D eigenvalue weighted by atomic mass is 9.67. The number of methoxy groups -OCH3 is 1. The number of aryl methyl sites for hydroxylation is 2. The molecule has 4 aliphatic heterocycles. The number of likely N-dealkylation sites (tertiary alicyclic amines) is 1. The molecule has 1 aromatic heterocycles. The number of hydrogen-bond acceptors (Lipinski definition) is 8. The molecule has 3 saturated heterocycles. The van der Waals surface area contributed by atoms with Gasteiger partial charge in [-0.05, 0) is 152 Å². The van der Waals surface area contributed by atoms with Gasteiger partial charge in [-0.15, -0.1) is 0 Å². The Morgan fingerprint density at radius 1 is 0.944 bits per heavy atom. The second-order valence-electron chi connectivity index (χ2n) is 22.4. The van der Waals surface area contributed by atoms with Crippen LogP contribution in [0.25, 0.3) is 16.6 Å². The van der Waals surface area contributed by atoms with E-state index in [1.807, 2.05) is 58.3 Å². The molecule has 3 atom stereocenters. The zero-order chi connectivity index (χ0) is 51.3. The number of hydrogen-bond donors (Lipinski definition) is 1. The summed E-state index contributed by atoms with van der Waals surface area (Å²) in [7, 11) is 3.69. The van der Waals surface area contributed by atoms with E-state index in [0.29, 0.717) is 81.5 Å². The molecule has 3 fully saturated rings. The summed E-state index contributed by atoms with van der Waals surface area (Å²) in [5, 5.41) is 2.40. The quantitative estimate of drug-likeness (QED) is 0.0982. The predicted molar refractivity (Wildman–Crippen MR) is 269 cm³/mol. The lowest BCUT2D eigenvalue weighted by Gasteiger charge is -2.46. The molecule has 16 heteroatoms. The number of halogens is 4. The minimum absolute atomic E-state index is 0.109. The van der Waals surface area contributed by atoms with Crippen molar-refractivity contribution in [3.8, 4) is 5.75 Å². The van der Waals surface area contributed by atoms with Crippen LogP contribution in [0.15, 0.2) is 65.5 Å². The van der Waals surface area contributed by atoms with Crippen molar-refractivity contribution in [2.24, 2.45) is 11.3 Å². The van der Waals surface area contributed by atoms with Crippen molar-refractivity contribution in [2.75, 3.05) is 51.8 Å². The monoisotopic (exact) mass is 999 g/mol. The fourth-order valence-electron chi connectivity index (χ4n) is 12.5. The lowest BCUT2D eigenvalue weighted by Crippen LogP contribution is -2.47. The summed E-state index contributed by atoms with van der Waals surface area (Å²) >= 11 is 0. The number of aromatic nitrogens is 2. The van der Waals surface area contributed by atoms with E-state index in [2.05, 4.69) is 31.1 Å². The van der Waals surface area contributed by atoms with Gasteiger partial charge in [-0.2, -0.15) is 13.2 Å². The van der Waals surface area contributed by atoms with Gasteiger partial charge in [0.05, 0.1) is 29.2 Å². The number of imide groups is 1. The van der Waals surface area contributed by atoms with Gasteiger partial charge in [-0.1, -0.05) is 30.3 Å². The van der Waals surface area contributed by atoms with Gasteiger partial charge in [-0.3, -0.25) is 33.7 Å². The number of allylic oxidation sites excluding steroid dienone is 2. The minimum Gasteiger partial charge on any atom is -0.497 e. The van der Waals surface area contributed by atoms with Crippen LogP contribution in [-0.4, -0.2) is 101 Å². The summed E-state index contributed by atoms with van der Waals surface area (Å²) in [6, 6.07) is 16.4. The number of anilines is 1. The van der Waals surface area contributed by atoms with Crippen molar-refractivity contribution < 1.29 is 41.4 Å². The maximum absolute atomic E-state index is 16.2. The van der Waals surface area contributed by atoms with Gasteiger partial charge < -0.3 is 19.3 Å². The molecule has 1 N–H and O–H groups in total. The molecule has 0 bridgehead atoms. The van der Waals surface area contributed by atoms with Gasteiger partial charge in [0.1, 0.15) is 17.6 Å². The van der Waals surface area contributed by atoms with Gasteiger partial charge in [-0.25, -0.2) is 9.18 Å². The molecule has 3 aromatic carbocycles. The largest absolute Gasteiger partial charge is 0.497 e. The average molecular weight is 999 g/mol. The number of amides is 3. The highest BCUT2D eigenvalue weighted by molar-refractivity contribution is 6.00. The summed E-state index contributed by atoms with van der Waals surface area (Å²) < 4.78 is 74.3. The van der Waals surface area contributed by atoms with Crippen LogP contribution < -0.4 is 20.6 Å². The number of carbonyl (C=O) groups excluding carboxylic acids is 3. The predicted octanol–water partition coefficient (Wildman–Crippen LogP) is 9.49. The van der Waals surface area contributed by atoms with Crippen molar-refractivity contribution in [1.29, 1.82) is 0 Å². The van der Waals surface area contributed by atoms with Crippen LogP contribution in [0.4, 0.5) is 23.2 Å². The van der Waals surface area contributed by atoms with E-state index in [1.54, 1.807) is 22.3 Å². The molecule has 4 aromatic rings. The molecule has 12 nitrogen and oxygen atoms in total. The minimum atomic E-state index is -4.44. The molecule has 388 valence electrons. The van der Waals surface area contributed by atoms with Crippen LogP contribution in [0.2, 0.25) is 0 Å². The van der Waals surface area contributed by atoms with Crippen molar-refractivity contribution in [1.82, 2.24) is 24.3 Å². The highest BCUT2D eigenvalue weighted by Crippen LogP contribution is 2.46. The van der Waals surface area contributed by atoms with E-state index >= 15 is 4.39 Å². The van der Waals surface area contributed by atoms with Crippen molar-refractivity contribution in [3.05, 3.63) is 99.2 Å². The summed E-state index contributed by atoms with van der Waals surface area (Å²) in [6.45, 7) is 9.13. The van der Waals surface area contributed by atoms with Crippen LogP contribution >= 0.6 is 0 Å². The SMILES string of the molecule is COc1ccc([C@]2(CCN(Cc3ccc(C4=CCC(C(=O)N5CCC(N(C)c6ccc7c8c6CCCn8c(=O)n7C6CCC(=O)NC6=O)CC5)CC4)c(F)c3)CC(C)(C)C(F)(F)F)CCOC(C)(C)C2)cc1. The fraction of sp³-hybridized carbons (Fsp3) is 0.571. The van der Waals surface area contributed by atoms with Gasteiger partial charge >= 0.3 is 11.9 Å². The molecule has 9 rings (SSSR count). The van der Waals surface area contributed by atoms with Crippen molar-refractivity contribution in [2.45, 2.75) is 147 Å². The average Bonchev–Trinajstić information content (AvgIpc) is 3.63. The molecule has 72 heavy (non-hydrogen) atoms. The lowest BCUT2D eigenvalue weighted by molar-refractivity contribution is -0.217. The second kappa shape index (κ2) is 20.1. The highest BCUT2D eigenvalue weighted by atomic mass is 19.4. The van der Waals surface area contributed by atoms with Crippen molar-refractivity contribution >= 4 is 40.0 Å². The Morgan fingerprint density at radius 2 is 1.69 bits per heavy atom. The smallest absolute Gasteiger partial charge is 0.395 e. The Hall–Kier alpha value is -5.48. The Labute approximate surface area is 419 Å². The van der Waals surface area contributed by atoms with Crippen molar-refractivity contribution in [3.63, 3.8) is 0 Å². The summed E-state index contributed by atoms with van der Waals surface area (Å²) in [5.74, 6) is -0.564. The number of nitrogens with zero attached hydrogens (tertiary/aromatic N) is 5. The molecule has 0 radical (unpaired) electrons. The standard InChI is InChI=1S/C56H70F4N6O6/c1-53(2,56(58,59)60)35-63(30-25-55(26-31-72-54(3,4)34-55)39-14-16-41(71-6)17-15-39)33-36-9-18-42(44(57)32-36)37-10-12-38(13-11-37)51(69)64-28-23-40(24-29-64)62(5)45-19-20-46-49-43(45)8-7-27-65(49)52(70)66(46)47-21-22-48(67)61-50(47)68/h9-10,14-20,32,38,40,47H,7-8,11-13,21-31,33-35H2,1-6H3,(H,61,67,68)/t38?,47?,55-/m1/s1. The molecule has 5 heterocycles. The molecule has 0 spiro atoms. The number of ether oxygens (including phenoxy) is 2. The van der Waals surface area contributed by atoms with E-state index in [0.717, 1.165) is 65.8 Å². The number of alkyl halides is 3. The van der Waals surface area contributed by atoms with E-state index < -0.39 is 35.0 Å². The maximum Gasteiger partial charge on any atom is 0.395 e. The van der Waals surface area contributed by atoms with Gasteiger partial charge in [0.15, 0.2) is 0 Å². The molecule has 0 saturated carbocycles. The fourth-order valence-corrected chi connectivity index (χ4v) is 12.5. The first-order valence-electron chi connectivity index (χ1n) is 25.8. The molecule has 3 amide bonds. The number of nitrogens with one attached hydrogen (secondary N) is 1. The number of benzene rings is 3. The first-order chi connectivity index (χ1) is 34.2. The zero-order valence-corrected chi connectivity index (χ0v) is 42.6. The van der Waals surface area contributed by atoms with Gasteiger partial charge in [0.2, 0.25) is 17.7 Å². The van der Waals surface area contributed by atoms with Crippen LogP contribution in [0.1, 0.15) is 127 Å². The molecule has 5 aliphatic rings. The second-order valence-corrected chi connectivity index (χ2v) is 22.4. The molecular formula is C56H70F4N6O6. The van der Waals surface area contributed by atoms with Crippen LogP contribution in [-0.2, 0) is 44.0 Å². The third kappa shape index (κ3) is 10.2. The Kier molecular flexibility index (Phi) is 14.3. The van der Waals surface area contributed by atoms with Gasteiger partial charge in [0.25, 0.3) is 0 Å². The Bertz CT molecular complexity index is 2790. The number of imidazole rings is 1. The van der Waals surface area contributed by atoms with E-state index in [1.165, 1.54) is 19.9 Å². The first kappa shape index (κ1) is 51.4. The highest BCUT2D eigenvalue weighted by Gasteiger charge is 2.49. The topological polar surface area (TPSA) is 118 Å². The Morgan fingerprint density at radius 3 is 2.35 bits per heavy atom. The third-order valence-corrected chi connectivity index (χ3v) is 16.6. The molecule has 2 unspecified atom stereocenters. The third-order valence-electron chi connectivity index (χ3n) is 16.6. The van der Waals surface area contributed by atoms with Crippen LogP contribution in [0.3, 0.4) is 0 Å². The summed E-state index contributed by atoms with van der Waals surface area (Å²) in [6.07, 6.45) is 4.79. The summed E-state index contributed by atoms with van der Waals surface area (Å²) in [5.41, 5.74) is 3.68. The maximum atomic E-state index is 16.2. The molecular weight excluding hydrogens is 929 g/mol. The van der Waals surface area contributed by atoms with E-state index in [9.17, 15) is 32.3 Å². The van der Waals surface area contributed by atoms with Gasteiger partial charge in [0, 0.05) is 87.0 Å². The van der Waals surface area contributed by atoms with E-state index in [-0.39, 0.29) is 60.8 Å². The van der Waals surface area contributed by atoms with Crippen LogP contribution in [0, 0.1) is 17.2 Å². The number of rotatable bonds is 14. The normalized spacial score (nSPS) is 23.0. The van der Waals surface area contributed by atoms with E-state index in [4.69, 9.17) is 9.47 Å².